The first-order valence-corrected chi connectivity index (χ1v) is 10.3. The van der Waals surface area contributed by atoms with Gasteiger partial charge in [-0.15, -0.1) is 0 Å². The van der Waals surface area contributed by atoms with Gasteiger partial charge >= 0.3 is 18.2 Å². The molecule has 1 atom stereocenters. The van der Waals surface area contributed by atoms with Gasteiger partial charge in [-0.2, -0.15) is 13.2 Å². The van der Waals surface area contributed by atoms with E-state index in [-0.39, 0.29) is 33.9 Å². The lowest BCUT2D eigenvalue weighted by Gasteiger charge is -2.37. The molecule has 0 saturated heterocycles. The molecular formula is C21H18ClF4N3O6. The number of alkyl halides is 3. The minimum absolute atomic E-state index is 0.0573. The van der Waals surface area contributed by atoms with Gasteiger partial charge in [-0.25, -0.2) is 19.0 Å². The summed E-state index contributed by atoms with van der Waals surface area (Å²) in [5.41, 5.74) is -2.01. The summed E-state index contributed by atoms with van der Waals surface area (Å²) < 4.78 is 69.8. The Hall–Kier alpha value is -3.58. The van der Waals surface area contributed by atoms with E-state index in [2.05, 4.69) is 4.98 Å². The highest BCUT2D eigenvalue weighted by Gasteiger charge is 2.45. The van der Waals surface area contributed by atoms with E-state index in [1.807, 2.05) is 0 Å². The van der Waals surface area contributed by atoms with Crippen molar-refractivity contribution < 1.29 is 46.5 Å². The highest BCUT2D eigenvalue weighted by molar-refractivity contribution is 6.32. The topological polar surface area (TPSA) is 101 Å². The second-order valence-electron chi connectivity index (χ2n) is 6.91. The van der Waals surface area contributed by atoms with Gasteiger partial charge in [0.25, 0.3) is 5.88 Å². The van der Waals surface area contributed by atoms with Crippen molar-refractivity contribution >= 4 is 29.3 Å². The average Bonchev–Trinajstić information content (AvgIpc) is 2.78. The summed E-state index contributed by atoms with van der Waals surface area (Å²) in [7, 11) is 0.828. The third-order valence-electron chi connectivity index (χ3n) is 4.57. The van der Waals surface area contributed by atoms with Crippen LogP contribution in [0.2, 0.25) is 5.02 Å². The van der Waals surface area contributed by atoms with Crippen LogP contribution in [0.1, 0.15) is 6.92 Å². The number of esters is 1. The predicted octanol–water partition coefficient (Wildman–Crippen LogP) is 4.24. The Morgan fingerprint density at radius 2 is 2.00 bits per heavy atom. The molecule has 3 rings (SSSR count). The lowest BCUT2D eigenvalue weighted by atomic mass is 10.2. The first-order chi connectivity index (χ1) is 16.4. The Kier molecular flexibility index (Phi) is 7.70. The molecule has 2 aromatic rings. The van der Waals surface area contributed by atoms with E-state index in [1.165, 1.54) is 18.3 Å². The molecule has 2 heterocycles. The molecule has 1 unspecified atom stereocenters. The third-order valence-corrected chi connectivity index (χ3v) is 4.86. The molecule has 1 aromatic carbocycles. The van der Waals surface area contributed by atoms with Crippen molar-refractivity contribution in [2.24, 2.45) is 0 Å². The van der Waals surface area contributed by atoms with E-state index in [1.54, 1.807) is 6.92 Å². The fourth-order valence-electron chi connectivity index (χ4n) is 3.03. The minimum Gasteiger partial charge on any atom is -0.463 e. The second kappa shape index (κ2) is 10.4. The second-order valence-corrected chi connectivity index (χ2v) is 7.32. The summed E-state index contributed by atoms with van der Waals surface area (Å²) >= 11 is 6.06. The van der Waals surface area contributed by atoms with E-state index in [4.69, 9.17) is 25.8 Å². The number of pyridine rings is 1. The van der Waals surface area contributed by atoms with Crippen LogP contribution >= 0.6 is 11.6 Å². The van der Waals surface area contributed by atoms with Gasteiger partial charge in [0, 0.05) is 19.3 Å². The number of hydrogen-bond acceptors (Lipinski definition) is 7. The number of hydrogen-bond donors (Lipinski definition) is 1. The summed E-state index contributed by atoms with van der Waals surface area (Å²) in [6.45, 7) is 1.26. The number of allylic oxidation sites excluding steroid dienone is 1. The zero-order valence-corrected chi connectivity index (χ0v) is 18.9. The lowest BCUT2D eigenvalue weighted by molar-refractivity contribution is -0.145. The van der Waals surface area contributed by atoms with Crippen LogP contribution in [-0.2, 0) is 9.53 Å². The number of benzene rings is 1. The molecule has 2 amide bonds. The number of aliphatic hydroxyl groups is 1. The van der Waals surface area contributed by atoms with Crippen LogP contribution in [0.4, 0.5) is 28.0 Å². The average molecular weight is 520 g/mol. The SMILES string of the molecule is CCOC(=O)COc1ncccc1Oc1cc(N2C(=O)N(C)C(C(F)(F)F)=CC2O)c(F)cc1Cl. The van der Waals surface area contributed by atoms with Crippen LogP contribution < -0.4 is 14.4 Å². The van der Waals surface area contributed by atoms with Crippen LogP contribution in [0.5, 0.6) is 17.4 Å². The smallest absolute Gasteiger partial charge is 0.431 e. The molecule has 188 valence electrons. The number of nitrogens with zero attached hydrogens (tertiary/aromatic N) is 3. The third kappa shape index (κ3) is 5.74. The molecule has 1 aromatic heterocycles. The standard InChI is InChI=1S/C21H18ClF4N3O6/c1-3-33-18(31)10-34-19-14(5-4-6-27-19)35-15-8-13(12(23)7-11(15)22)29-17(30)9-16(21(24,25)26)28(2)20(29)32/h4-9,17,30H,3,10H2,1-2H3. The molecule has 35 heavy (non-hydrogen) atoms. The van der Waals surface area contributed by atoms with E-state index in [0.29, 0.717) is 11.0 Å². The van der Waals surface area contributed by atoms with Crippen molar-refractivity contribution in [3.63, 3.8) is 0 Å². The van der Waals surface area contributed by atoms with Crippen LogP contribution in [0.25, 0.3) is 0 Å². The Labute approximate surface area is 201 Å². The van der Waals surface area contributed by atoms with Crippen molar-refractivity contribution in [3.8, 4) is 17.4 Å². The lowest BCUT2D eigenvalue weighted by Crippen LogP contribution is -2.52. The maximum atomic E-state index is 14.7. The van der Waals surface area contributed by atoms with Crippen molar-refractivity contribution in [3.05, 3.63) is 53.1 Å². The van der Waals surface area contributed by atoms with Gasteiger partial charge in [0.05, 0.1) is 17.3 Å². The number of anilines is 1. The van der Waals surface area contributed by atoms with Gasteiger partial charge in [0.1, 0.15) is 17.3 Å². The molecule has 1 N–H and O–H groups in total. The highest BCUT2D eigenvalue weighted by atomic mass is 35.5. The molecule has 0 bridgehead atoms. The summed E-state index contributed by atoms with van der Waals surface area (Å²) in [6.07, 6.45) is -5.36. The Bertz CT molecular complexity index is 1160. The van der Waals surface area contributed by atoms with Gasteiger partial charge in [-0.3, -0.25) is 9.80 Å². The molecule has 0 fully saturated rings. The Morgan fingerprint density at radius 1 is 1.29 bits per heavy atom. The van der Waals surface area contributed by atoms with Crippen molar-refractivity contribution in [2.45, 2.75) is 19.3 Å². The fraction of sp³-hybridized carbons (Fsp3) is 0.286. The van der Waals surface area contributed by atoms with Gasteiger partial charge in [0.15, 0.2) is 18.6 Å². The first kappa shape index (κ1) is 26.0. The van der Waals surface area contributed by atoms with Crippen LogP contribution in [0.15, 0.2) is 42.2 Å². The Balaban J connectivity index is 1.94. The molecule has 0 aliphatic carbocycles. The zero-order valence-electron chi connectivity index (χ0n) is 18.2. The maximum absolute atomic E-state index is 14.7. The van der Waals surface area contributed by atoms with Crippen LogP contribution in [0.3, 0.4) is 0 Å². The van der Waals surface area contributed by atoms with Crippen LogP contribution in [0, 0.1) is 5.82 Å². The van der Waals surface area contributed by atoms with Crippen molar-refractivity contribution in [2.75, 3.05) is 25.2 Å². The van der Waals surface area contributed by atoms with E-state index in [9.17, 15) is 32.3 Å². The van der Waals surface area contributed by atoms with Gasteiger partial charge < -0.3 is 19.3 Å². The monoisotopic (exact) mass is 519 g/mol. The number of urea groups is 1. The number of aliphatic hydroxyl groups excluding tert-OH is 1. The summed E-state index contributed by atoms with van der Waals surface area (Å²) in [5, 5.41) is 9.94. The molecule has 1 aliphatic rings. The quantitative estimate of drug-likeness (QED) is 0.431. The number of rotatable bonds is 7. The van der Waals surface area contributed by atoms with Crippen LogP contribution in [-0.4, -0.2) is 59.7 Å². The number of halogens is 5. The molecule has 0 spiro atoms. The van der Waals surface area contributed by atoms with E-state index in [0.717, 1.165) is 19.2 Å². The Morgan fingerprint density at radius 3 is 2.66 bits per heavy atom. The number of amides is 2. The highest BCUT2D eigenvalue weighted by Crippen LogP contribution is 2.40. The fourth-order valence-corrected chi connectivity index (χ4v) is 3.22. The van der Waals surface area contributed by atoms with Gasteiger partial charge in [0.2, 0.25) is 0 Å². The normalized spacial score (nSPS) is 16.2. The molecule has 14 heteroatoms. The largest absolute Gasteiger partial charge is 0.463 e. The summed E-state index contributed by atoms with van der Waals surface area (Å²) in [5.74, 6) is -2.23. The number of carbonyl (C=O) groups excluding carboxylic acids is 2. The molecule has 0 saturated carbocycles. The van der Waals surface area contributed by atoms with E-state index < -0.39 is 48.2 Å². The molecule has 9 nitrogen and oxygen atoms in total. The maximum Gasteiger partial charge on any atom is 0.431 e. The molecular weight excluding hydrogens is 502 g/mol. The van der Waals surface area contributed by atoms with Crippen molar-refractivity contribution in [1.29, 1.82) is 0 Å². The van der Waals surface area contributed by atoms with Crippen molar-refractivity contribution in [1.82, 2.24) is 9.88 Å². The molecule has 0 radical (unpaired) electrons. The number of carbonyl (C=O) groups is 2. The minimum atomic E-state index is -4.93. The first-order valence-electron chi connectivity index (χ1n) is 9.88. The number of aromatic nitrogens is 1. The summed E-state index contributed by atoms with van der Waals surface area (Å²) in [6, 6.07) is 3.17. The molecule has 1 aliphatic heterocycles. The van der Waals surface area contributed by atoms with Gasteiger partial charge in [-0.1, -0.05) is 11.6 Å². The summed E-state index contributed by atoms with van der Waals surface area (Å²) in [4.78, 5) is 28.7. The van der Waals surface area contributed by atoms with E-state index >= 15 is 0 Å². The predicted molar refractivity (Wildman–Crippen MR) is 114 cm³/mol. The zero-order chi connectivity index (χ0) is 25.9. The number of ether oxygens (including phenoxy) is 3. The van der Waals surface area contributed by atoms with Gasteiger partial charge in [-0.05, 0) is 31.2 Å².